The van der Waals surface area contributed by atoms with Crippen molar-refractivity contribution in [3.05, 3.63) is 66.1 Å². The molecule has 0 aliphatic heterocycles. The molecule has 14 heteroatoms. The van der Waals surface area contributed by atoms with Crippen molar-refractivity contribution in [2.75, 3.05) is 22.3 Å². The molecule has 2 aromatic heterocycles. The first-order valence-electron chi connectivity index (χ1n) is 10.8. The van der Waals surface area contributed by atoms with Gasteiger partial charge in [0.25, 0.3) is 0 Å². The van der Waals surface area contributed by atoms with E-state index in [1.165, 1.54) is 41.8 Å². The molecule has 37 heavy (non-hydrogen) atoms. The summed E-state index contributed by atoms with van der Waals surface area (Å²) in [6.45, 7) is 1.69. The van der Waals surface area contributed by atoms with Gasteiger partial charge in [-0.05, 0) is 50.2 Å². The van der Waals surface area contributed by atoms with Crippen LogP contribution in [0, 0.1) is 18.6 Å². The summed E-state index contributed by atoms with van der Waals surface area (Å²) in [5, 5.41) is 10.1. The van der Waals surface area contributed by atoms with E-state index in [9.17, 15) is 30.4 Å². The van der Waals surface area contributed by atoms with Crippen molar-refractivity contribution in [1.29, 1.82) is 0 Å². The van der Waals surface area contributed by atoms with Crippen LogP contribution in [0.25, 0.3) is 16.8 Å². The van der Waals surface area contributed by atoms with Crippen LogP contribution in [0.3, 0.4) is 0 Å². The average molecular weight is 542 g/mol. The van der Waals surface area contributed by atoms with Crippen LogP contribution in [0.2, 0.25) is 0 Å². The number of pyridine rings is 1. The minimum absolute atomic E-state index is 0.00567. The Morgan fingerprint density at radius 2 is 1.76 bits per heavy atom. The maximum absolute atomic E-state index is 14.3. The van der Waals surface area contributed by atoms with E-state index >= 15 is 0 Å². The van der Waals surface area contributed by atoms with Crippen molar-refractivity contribution in [1.82, 2.24) is 14.6 Å². The zero-order chi connectivity index (χ0) is 27.0. The third-order valence-electron chi connectivity index (χ3n) is 5.21. The predicted octanol–water partition coefficient (Wildman–Crippen LogP) is 5.51. The number of alkyl halides is 3. The van der Waals surface area contributed by atoms with Gasteiger partial charge >= 0.3 is 6.18 Å². The molecule has 0 aliphatic rings. The lowest BCUT2D eigenvalue weighted by molar-refractivity contribution is -0.115. The van der Waals surface area contributed by atoms with Crippen LogP contribution in [0.15, 0.2) is 48.7 Å². The summed E-state index contributed by atoms with van der Waals surface area (Å²) in [5.74, 6) is -1.94. The number of benzene rings is 2. The molecule has 0 unspecified atom stereocenters. The number of hydrogen-bond acceptors (Lipinski definition) is 6. The van der Waals surface area contributed by atoms with E-state index in [2.05, 4.69) is 20.2 Å². The van der Waals surface area contributed by atoms with Crippen LogP contribution in [-0.4, -0.2) is 41.5 Å². The highest BCUT2D eigenvalue weighted by atomic mass is 32.2. The molecule has 0 fully saturated rings. The van der Waals surface area contributed by atoms with E-state index in [0.717, 1.165) is 12.1 Å². The van der Waals surface area contributed by atoms with Crippen LogP contribution in [0.5, 0.6) is 11.5 Å². The summed E-state index contributed by atoms with van der Waals surface area (Å²) in [6.07, 6.45) is -3.00. The van der Waals surface area contributed by atoms with E-state index in [-0.39, 0.29) is 45.4 Å². The van der Waals surface area contributed by atoms with E-state index in [4.69, 9.17) is 4.74 Å². The van der Waals surface area contributed by atoms with Gasteiger partial charge in [-0.2, -0.15) is 13.2 Å². The molecule has 2 N–H and O–H groups in total. The highest BCUT2D eigenvalue weighted by molar-refractivity contribution is 7.92. The van der Waals surface area contributed by atoms with Gasteiger partial charge in [-0.15, -0.1) is 10.2 Å². The lowest BCUT2D eigenvalue weighted by atomic mass is 10.0. The lowest BCUT2D eigenvalue weighted by Crippen LogP contribution is -2.21. The molecular formula is C23H20F5N5O3S. The number of anilines is 2. The maximum atomic E-state index is 14.3. The SMILES string of the molecule is CCS(=O)(=O)Nc1ccc(Oc2ccc(F)cc2F)c(-c2cc(NCC(F)(F)F)c3nnc(C)n3c2)c1. The van der Waals surface area contributed by atoms with Crippen LogP contribution in [0.4, 0.5) is 33.3 Å². The fraction of sp³-hybridized carbons (Fsp3) is 0.217. The molecule has 0 saturated carbocycles. The first-order chi connectivity index (χ1) is 17.3. The van der Waals surface area contributed by atoms with Gasteiger partial charge < -0.3 is 10.1 Å². The molecule has 4 rings (SSSR count). The Balaban J connectivity index is 1.88. The second-order valence-electron chi connectivity index (χ2n) is 7.95. The number of aryl methyl sites for hydroxylation is 1. The Bertz CT molecular complexity index is 1570. The summed E-state index contributed by atoms with van der Waals surface area (Å²) < 4.78 is 100. The van der Waals surface area contributed by atoms with Crippen molar-refractivity contribution in [3.63, 3.8) is 0 Å². The number of sulfonamides is 1. The number of halogens is 5. The van der Waals surface area contributed by atoms with Crippen molar-refractivity contribution in [2.45, 2.75) is 20.0 Å². The van der Waals surface area contributed by atoms with E-state index in [1.807, 2.05) is 0 Å². The molecule has 2 aromatic carbocycles. The van der Waals surface area contributed by atoms with E-state index < -0.39 is 34.4 Å². The molecule has 196 valence electrons. The number of fused-ring (bicyclic) bond motifs is 1. The minimum Gasteiger partial charge on any atom is -0.454 e. The summed E-state index contributed by atoms with van der Waals surface area (Å²) in [7, 11) is -3.68. The van der Waals surface area contributed by atoms with Crippen LogP contribution in [-0.2, 0) is 10.0 Å². The number of ether oxygens (including phenoxy) is 1. The lowest BCUT2D eigenvalue weighted by Gasteiger charge is -2.17. The molecule has 0 aliphatic carbocycles. The second kappa shape index (κ2) is 9.84. The third-order valence-corrected chi connectivity index (χ3v) is 6.52. The molecule has 0 radical (unpaired) electrons. The van der Waals surface area contributed by atoms with Gasteiger partial charge in [0.15, 0.2) is 17.2 Å². The molecule has 0 saturated heterocycles. The van der Waals surface area contributed by atoms with E-state index in [0.29, 0.717) is 11.9 Å². The predicted molar refractivity (Wildman–Crippen MR) is 127 cm³/mol. The van der Waals surface area contributed by atoms with Gasteiger partial charge in [-0.25, -0.2) is 17.2 Å². The Morgan fingerprint density at radius 3 is 2.43 bits per heavy atom. The second-order valence-corrected chi connectivity index (χ2v) is 9.96. The summed E-state index contributed by atoms with van der Waals surface area (Å²) in [6, 6.07) is 8.18. The quantitative estimate of drug-likeness (QED) is 0.286. The van der Waals surface area contributed by atoms with Gasteiger partial charge in [-0.3, -0.25) is 9.12 Å². The Hall–Kier alpha value is -3.94. The van der Waals surface area contributed by atoms with Crippen LogP contribution >= 0.6 is 0 Å². The topological polar surface area (TPSA) is 97.6 Å². The molecule has 4 aromatic rings. The number of aromatic nitrogens is 3. The monoisotopic (exact) mass is 541 g/mol. The Labute approximate surface area is 208 Å². The summed E-state index contributed by atoms with van der Waals surface area (Å²) in [5.41, 5.74) is 0.726. The van der Waals surface area contributed by atoms with Crippen molar-refractivity contribution in [3.8, 4) is 22.6 Å². The van der Waals surface area contributed by atoms with Crippen molar-refractivity contribution < 1.29 is 35.1 Å². The van der Waals surface area contributed by atoms with Crippen LogP contribution in [0.1, 0.15) is 12.7 Å². The fourth-order valence-electron chi connectivity index (χ4n) is 3.41. The van der Waals surface area contributed by atoms with Gasteiger partial charge in [0.2, 0.25) is 10.0 Å². The van der Waals surface area contributed by atoms with Crippen molar-refractivity contribution in [2.24, 2.45) is 0 Å². The highest BCUT2D eigenvalue weighted by Gasteiger charge is 2.27. The third kappa shape index (κ3) is 6.07. The van der Waals surface area contributed by atoms with Gasteiger partial charge in [0.05, 0.1) is 11.4 Å². The Morgan fingerprint density at radius 1 is 1.03 bits per heavy atom. The van der Waals surface area contributed by atoms with Gasteiger partial charge in [0, 0.05) is 29.1 Å². The van der Waals surface area contributed by atoms with Gasteiger partial charge in [0.1, 0.15) is 23.9 Å². The van der Waals surface area contributed by atoms with Crippen molar-refractivity contribution >= 4 is 27.0 Å². The minimum atomic E-state index is -4.52. The van der Waals surface area contributed by atoms with Crippen LogP contribution < -0.4 is 14.8 Å². The van der Waals surface area contributed by atoms with E-state index in [1.54, 1.807) is 6.92 Å². The zero-order valence-corrected chi connectivity index (χ0v) is 20.2. The molecule has 2 heterocycles. The molecular weight excluding hydrogens is 521 g/mol. The standard InChI is InChI=1S/C23H20F5N5O3S/c1-3-37(34,35)32-16-5-7-20(36-21-6-4-15(24)9-18(21)25)17(10-16)14-8-19(29-12-23(26,27)28)22-31-30-13(2)33(22)11-14/h4-11,29,32H,3,12H2,1-2H3. The maximum Gasteiger partial charge on any atom is 0.405 e. The molecule has 8 nitrogen and oxygen atoms in total. The fourth-order valence-corrected chi connectivity index (χ4v) is 4.04. The molecule has 0 bridgehead atoms. The molecule has 0 atom stereocenters. The first-order valence-corrected chi connectivity index (χ1v) is 12.4. The molecule has 0 spiro atoms. The summed E-state index contributed by atoms with van der Waals surface area (Å²) >= 11 is 0. The number of nitrogens with zero attached hydrogens (tertiary/aromatic N) is 3. The summed E-state index contributed by atoms with van der Waals surface area (Å²) in [4.78, 5) is 0. The average Bonchev–Trinajstić information content (AvgIpc) is 3.20. The largest absolute Gasteiger partial charge is 0.454 e. The normalized spacial score (nSPS) is 12.1. The number of hydrogen-bond donors (Lipinski definition) is 2. The number of nitrogens with one attached hydrogen (secondary N) is 2. The first kappa shape index (κ1) is 26.1. The smallest absolute Gasteiger partial charge is 0.405 e. The zero-order valence-electron chi connectivity index (χ0n) is 19.4. The highest BCUT2D eigenvalue weighted by Crippen LogP contribution is 2.38. The Kier molecular flexibility index (Phi) is 6.95. The molecule has 0 amide bonds. The number of rotatable bonds is 8. The van der Waals surface area contributed by atoms with Gasteiger partial charge in [-0.1, -0.05) is 0 Å².